The second-order valence-corrected chi connectivity index (χ2v) is 4.49. The van der Waals surface area contributed by atoms with Crippen molar-refractivity contribution in [3.63, 3.8) is 0 Å². The average Bonchev–Trinajstić information content (AvgIpc) is 2.73. The van der Waals surface area contributed by atoms with E-state index in [0.717, 1.165) is 11.3 Å². The van der Waals surface area contributed by atoms with Crippen LogP contribution in [0.5, 0.6) is 0 Å². The van der Waals surface area contributed by atoms with Crippen molar-refractivity contribution in [1.82, 2.24) is 25.1 Å². The van der Waals surface area contributed by atoms with E-state index in [1.807, 2.05) is 0 Å². The van der Waals surface area contributed by atoms with Gasteiger partial charge in [-0.1, -0.05) is 11.3 Å². The summed E-state index contributed by atoms with van der Waals surface area (Å²) < 4.78 is 38.2. The number of nitrogens with one attached hydrogen (secondary N) is 1. The van der Waals surface area contributed by atoms with Crippen LogP contribution in [0.25, 0.3) is 4.96 Å². The van der Waals surface area contributed by atoms with Crippen molar-refractivity contribution in [2.75, 3.05) is 6.54 Å². The minimum absolute atomic E-state index is 0.0835. The Morgan fingerprint density at radius 3 is 2.78 bits per heavy atom. The molecule has 0 aliphatic rings. The van der Waals surface area contributed by atoms with Crippen LogP contribution in [0.15, 0.2) is 0 Å². The molecule has 0 saturated carbocycles. The van der Waals surface area contributed by atoms with Crippen LogP contribution < -0.4 is 5.32 Å². The van der Waals surface area contributed by atoms with Gasteiger partial charge in [-0.2, -0.15) is 22.8 Å². The van der Waals surface area contributed by atoms with E-state index in [9.17, 15) is 18.0 Å². The van der Waals surface area contributed by atoms with Gasteiger partial charge in [0.25, 0.3) is 5.82 Å². The highest BCUT2D eigenvalue weighted by Gasteiger charge is 2.38. The van der Waals surface area contributed by atoms with E-state index in [-0.39, 0.29) is 10.9 Å². The van der Waals surface area contributed by atoms with E-state index in [1.54, 1.807) is 0 Å². The highest BCUT2D eigenvalue weighted by Crippen LogP contribution is 2.28. The van der Waals surface area contributed by atoms with Crippen molar-refractivity contribution >= 4 is 22.2 Å². The maximum absolute atomic E-state index is 12.5. The summed E-state index contributed by atoms with van der Waals surface area (Å²) in [7, 11) is 0. The van der Waals surface area contributed by atoms with Crippen molar-refractivity contribution < 1.29 is 18.0 Å². The average molecular weight is 279 g/mol. The van der Waals surface area contributed by atoms with Gasteiger partial charge in [-0.05, 0) is 0 Å². The number of carbonyl (C=O) groups is 1. The Hall–Kier alpha value is -1.71. The molecule has 2 aromatic rings. The zero-order valence-electron chi connectivity index (χ0n) is 9.15. The summed E-state index contributed by atoms with van der Waals surface area (Å²) in [6, 6.07) is 0. The van der Waals surface area contributed by atoms with Crippen molar-refractivity contribution in [1.29, 1.82) is 0 Å². The van der Waals surface area contributed by atoms with Gasteiger partial charge in [0, 0.05) is 19.9 Å². The van der Waals surface area contributed by atoms with Crippen LogP contribution in [0, 0.1) is 0 Å². The smallest absolute Gasteiger partial charge is 0.356 e. The molecule has 1 amide bonds. The molecule has 0 bridgehead atoms. The first kappa shape index (κ1) is 12.7. The van der Waals surface area contributed by atoms with E-state index in [1.165, 1.54) is 6.92 Å². The molecule has 1 N–H and O–H groups in total. The summed E-state index contributed by atoms with van der Waals surface area (Å²) in [6.07, 6.45) is -4.23. The summed E-state index contributed by atoms with van der Waals surface area (Å²) in [5.41, 5.74) is 0. The van der Waals surface area contributed by atoms with E-state index in [4.69, 9.17) is 0 Å². The van der Waals surface area contributed by atoms with E-state index in [2.05, 4.69) is 20.6 Å². The number of amides is 1. The fraction of sp³-hybridized carbons (Fsp3) is 0.500. The normalized spacial score (nSPS) is 12.0. The molecule has 10 heteroatoms. The van der Waals surface area contributed by atoms with Crippen LogP contribution >= 0.6 is 11.3 Å². The zero-order valence-corrected chi connectivity index (χ0v) is 9.97. The van der Waals surface area contributed by atoms with Crippen LogP contribution in [0.2, 0.25) is 0 Å². The number of rotatable bonds is 3. The van der Waals surface area contributed by atoms with Gasteiger partial charge in [-0.3, -0.25) is 4.79 Å². The number of aromatic nitrogens is 4. The molecule has 0 aromatic carbocycles. The Balaban J connectivity index is 2.18. The summed E-state index contributed by atoms with van der Waals surface area (Å²) in [5, 5.41) is 13.2. The van der Waals surface area contributed by atoms with Crippen LogP contribution in [0.4, 0.5) is 13.2 Å². The molecular weight excluding hydrogens is 271 g/mol. The first-order valence-corrected chi connectivity index (χ1v) is 5.72. The summed E-state index contributed by atoms with van der Waals surface area (Å²) in [5.74, 6) is -1.34. The molecule has 0 aliphatic heterocycles. The van der Waals surface area contributed by atoms with Crippen molar-refractivity contribution in [3.8, 4) is 0 Å². The second kappa shape index (κ2) is 4.52. The van der Waals surface area contributed by atoms with Gasteiger partial charge < -0.3 is 5.32 Å². The van der Waals surface area contributed by atoms with Gasteiger partial charge >= 0.3 is 6.18 Å². The third-order valence-electron chi connectivity index (χ3n) is 2.00. The molecule has 0 atom stereocenters. The van der Waals surface area contributed by atoms with Gasteiger partial charge in [0.15, 0.2) is 0 Å². The summed E-state index contributed by atoms with van der Waals surface area (Å²) in [4.78, 5) is 10.7. The van der Waals surface area contributed by atoms with Gasteiger partial charge in [0.2, 0.25) is 10.9 Å². The molecule has 0 saturated heterocycles. The second-order valence-electron chi connectivity index (χ2n) is 3.44. The lowest BCUT2D eigenvalue weighted by Crippen LogP contribution is -2.22. The number of nitrogens with zero attached hydrogens (tertiary/aromatic N) is 4. The topological polar surface area (TPSA) is 72.2 Å². The van der Waals surface area contributed by atoms with Crippen molar-refractivity contribution in [2.45, 2.75) is 19.5 Å². The number of hydrogen-bond donors (Lipinski definition) is 1. The molecule has 6 nitrogen and oxygen atoms in total. The van der Waals surface area contributed by atoms with Crippen LogP contribution in [0.1, 0.15) is 17.8 Å². The minimum atomic E-state index is -4.58. The minimum Gasteiger partial charge on any atom is -0.356 e. The lowest BCUT2D eigenvalue weighted by molar-refractivity contribution is -0.146. The SMILES string of the molecule is CC(=O)NCCc1nn2c(C(F)(F)F)nnc2s1. The van der Waals surface area contributed by atoms with Crippen LogP contribution in [0.3, 0.4) is 0 Å². The van der Waals surface area contributed by atoms with Gasteiger partial charge in [0.05, 0.1) is 0 Å². The predicted molar refractivity (Wildman–Crippen MR) is 56.0 cm³/mol. The number of alkyl halides is 3. The third kappa shape index (κ3) is 2.58. The quantitative estimate of drug-likeness (QED) is 0.905. The fourth-order valence-corrected chi connectivity index (χ4v) is 2.11. The summed E-state index contributed by atoms with van der Waals surface area (Å²) in [6.45, 7) is 1.68. The largest absolute Gasteiger partial charge is 0.453 e. The van der Waals surface area contributed by atoms with Gasteiger partial charge in [-0.15, -0.1) is 10.2 Å². The molecule has 18 heavy (non-hydrogen) atoms. The Morgan fingerprint density at radius 2 is 2.17 bits per heavy atom. The lowest BCUT2D eigenvalue weighted by atomic mass is 10.4. The third-order valence-corrected chi connectivity index (χ3v) is 2.96. The molecular formula is C8H8F3N5OS. The molecule has 2 aromatic heterocycles. The maximum atomic E-state index is 12.5. The molecule has 2 rings (SSSR count). The molecule has 98 valence electrons. The van der Waals surface area contributed by atoms with E-state index >= 15 is 0 Å². The molecule has 0 radical (unpaired) electrons. The number of hydrogen-bond acceptors (Lipinski definition) is 5. The number of halogens is 3. The Labute approximate surface area is 103 Å². The predicted octanol–water partition coefficient (Wildman–Crippen LogP) is 0.883. The van der Waals surface area contributed by atoms with Gasteiger partial charge in [0.1, 0.15) is 5.01 Å². The Bertz CT molecular complexity index is 575. The highest BCUT2D eigenvalue weighted by atomic mass is 32.1. The molecule has 0 fully saturated rings. The standard InChI is InChI=1S/C8H8F3N5OS/c1-4(17)12-3-2-5-15-16-6(8(9,10)11)13-14-7(16)18-5/h2-3H2,1H3,(H,12,17). The zero-order chi connectivity index (χ0) is 13.3. The first-order chi connectivity index (χ1) is 8.38. The molecule has 0 unspecified atom stereocenters. The van der Waals surface area contributed by atoms with Crippen LogP contribution in [-0.2, 0) is 17.4 Å². The highest BCUT2D eigenvalue weighted by molar-refractivity contribution is 7.16. The monoisotopic (exact) mass is 279 g/mol. The molecule has 0 aliphatic carbocycles. The van der Waals surface area contributed by atoms with E-state index < -0.39 is 12.0 Å². The van der Waals surface area contributed by atoms with Gasteiger partial charge in [-0.25, -0.2) is 0 Å². The molecule has 0 spiro atoms. The lowest BCUT2D eigenvalue weighted by Gasteiger charge is -2.00. The maximum Gasteiger partial charge on any atom is 0.453 e. The summed E-state index contributed by atoms with van der Waals surface area (Å²) >= 11 is 1.01. The Kier molecular flexibility index (Phi) is 3.20. The first-order valence-electron chi connectivity index (χ1n) is 4.90. The fourth-order valence-electron chi connectivity index (χ4n) is 1.28. The van der Waals surface area contributed by atoms with Crippen molar-refractivity contribution in [3.05, 3.63) is 10.8 Å². The number of carbonyl (C=O) groups excluding carboxylic acids is 1. The number of fused-ring (bicyclic) bond motifs is 1. The van der Waals surface area contributed by atoms with Crippen molar-refractivity contribution in [2.24, 2.45) is 0 Å². The Morgan fingerprint density at radius 1 is 1.44 bits per heavy atom. The van der Waals surface area contributed by atoms with Crippen LogP contribution in [-0.4, -0.2) is 32.3 Å². The molecule has 2 heterocycles. The van der Waals surface area contributed by atoms with E-state index in [0.29, 0.717) is 22.5 Å².